The van der Waals surface area contributed by atoms with Crippen LogP contribution in [0.4, 0.5) is 0 Å². The maximum absolute atomic E-state index is 6.58. The third kappa shape index (κ3) is 4.81. The zero-order valence-electron chi connectivity index (χ0n) is 20.0. The Hall–Kier alpha value is 1.32. The molecular formula is C15H43N2O3Si7. The first-order valence-electron chi connectivity index (χ1n) is 10.3. The summed E-state index contributed by atoms with van der Waals surface area (Å²) in [5.41, 5.74) is 0. The third-order valence-electron chi connectivity index (χ3n) is 5.85. The molecule has 0 aliphatic carbocycles. The van der Waals surface area contributed by atoms with Gasteiger partial charge in [0.1, 0.15) is 17.2 Å². The van der Waals surface area contributed by atoms with Gasteiger partial charge in [-0.2, -0.15) is 0 Å². The highest BCUT2D eigenvalue weighted by molar-refractivity contribution is 7.18. The van der Waals surface area contributed by atoms with Gasteiger partial charge in [0.2, 0.25) is 0 Å². The van der Waals surface area contributed by atoms with E-state index in [1.807, 2.05) is 0 Å². The normalized spacial score (nSPS) is 29.6. The van der Waals surface area contributed by atoms with Crippen LogP contribution in [-0.4, -0.2) is 67.5 Å². The predicted molar refractivity (Wildman–Crippen MR) is 133 cm³/mol. The van der Waals surface area contributed by atoms with Gasteiger partial charge >= 0.3 is 25.7 Å². The van der Waals surface area contributed by atoms with Crippen LogP contribution in [0.3, 0.4) is 0 Å². The molecule has 159 valence electrons. The molecule has 0 spiro atoms. The van der Waals surface area contributed by atoms with Crippen molar-refractivity contribution in [2.24, 2.45) is 0 Å². The maximum atomic E-state index is 6.58. The Labute approximate surface area is 176 Å². The van der Waals surface area contributed by atoms with E-state index in [2.05, 4.69) is 92.9 Å². The molecule has 2 aliphatic heterocycles. The Kier molecular flexibility index (Phi) is 6.54. The minimum Gasteiger partial charge on any atom is -0.416 e. The summed E-state index contributed by atoms with van der Waals surface area (Å²) in [7, 11) is -11.0. The van der Waals surface area contributed by atoms with E-state index in [-0.39, 0.29) is 8.96 Å². The summed E-state index contributed by atoms with van der Waals surface area (Å²) < 4.78 is 25.6. The molecule has 0 saturated carbocycles. The van der Waals surface area contributed by atoms with E-state index in [9.17, 15) is 0 Å². The summed E-state index contributed by atoms with van der Waals surface area (Å²) in [6.07, 6.45) is 0. The molecule has 0 N–H and O–H groups in total. The summed E-state index contributed by atoms with van der Waals surface area (Å²) in [6, 6.07) is 2.42. The van der Waals surface area contributed by atoms with Gasteiger partial charge in [-0.05, 0) is 71.0 Å². The SMILES string of the molecule is C[Si](C)N1[Si](C)(C)N([Si](C)(C)CC[Si]2(C)O[Si](C)(C)O[Si](C)(C)O2)[Si]1(C)C. The van der Waals surface area contributed by atoms with Crippen molar-refractivity contribution < 1.29 is 12.3 Å². The van der Waals surface area contributed by atoms with Crippen molar-refractivity contribution in [2.45, 2.75) is 97.2 Å². The second-order valence-corrected chi connectivity index (χ2v) is 39.3. The van der Waals surface area contributed by atoms with Gasteiger partial charge in [-0.1, -0.05) is 26.2 Å². The highest BCUT2D eigenvalue weighted by Crippen LogP contribution is 2.45. The van der Waals surface area contributed by atoms with Crippen LogP contribution in [0.15, 0.2) is 0 Å². The minimum atomic E-state index is -2.15. The summed E-state index contributed by atoms with van der Waals surface area (Å²) in [6.45, 7) is 31.6. The quantitative estimate of drug-likeness (QED) is 0.501. The summed E-state index contributed by atoms with van der Waals surface area (Å²) in [5.74, 6) is 0. The van der Waals surface area contributed by atoms with Crippen LogP contribution < -0.4 is 0 Å². The molecule has 0 bridgehead atoms. The van der Waals surface area contributed by atoms with Gasteiger partial charge in [0.05, 0.1) is 0 Å². The van der Waals surface area contributed by atoms with Crippen LogP contribution >= 0.6 is 0 Å². The van der Waals surface area contributed by atoms with E-state index in [1.165, 1.54) is 6.04 Å². The molecule has 2 saturated heterocycles. The Bertz CT molecular complexity index is 552. The van der Waals surface area contributed by atoms with Crippen LogP contribution in [0.5, 0.6) is 0 Å². The summed E-state index contributed by atoms with van der Waals surface area (Å²) in [5, 5.41) is 0. The molecular weight excluding hydrogens is 453 g/mol. The average molecular weight is 496 g/mol. The zero-order valence-corrected chi connectivity index (χ0v) is 27.0. The van der Waals surface area contributed by atoms with Crippen LogP contribution in [0, 0.1) is 0 Å². The molecule has 2 rings (SSSR count). The molecule has 0 aromatic heterocycles. The Morgan fingerprint density at radius 3 is 1.52 bits per heavy atom. The van der Waals surface area contributed by atoms with Gasteiger partial charge < -0.3 is 20.1 Å². The van der Waals surface area contributed by atoms with Crippen molar-refractivity contribution in [3.8, 4) is 0 Å². The molecule has 12 heteroatoms. The topological polar surface area (TPSA) is 34.2 Å². The number of nitrogens with zero attached hydrogens (tertiary/aromatic N) is 2. The largest absolute Gasteiger partial charge is 0.416 e. The fourth-order valence-electron chi connectivity index (χ4n) is 6.51. The molecule has 5 nitrogen and oxygen atoms in total. The van der Waals surface area contributed by atoms with Gasteiger partial charge in [-0.25, -0.2) is 0 Å². The molecule has 2 heterocycles. The third-order valence-corrected chi connectivity index (χ3v) is 46.2. The van der Waals surface area contributed by atoms with Gasteiger partial charge in [-0.3, -0.25) is 0 Å². The van der Waals surface area contributed by atoms with Gasteiger partial charge in [0, 0.05) is 0 Å². The van der Waals surface area contributed by atoms with Gasteiger partial charge in [0.25, 0.3) is 0 Å². The molecule has 0 aromatic carbocycles. The molecule has 1 radical (unpaired) electrons. The van der Waals surface area contributed by atoms with Crippen LogP contribution in [0.25, 0.3) is 0 Å². The molecule has 0 unspecified atom stereocenters. The molecule has 27 heavy (non-hydrogen) atoms. The molecule has 0 amide bonds. The molecule has 0 aromatic rings. The van der Waals surface area contributed by atoms with Crippen molar-refractivity contribution in [3.63, 3.8) is 0 Å². The lowest BCUT2D eigenvalue weighted by molar-refractivity contribution is 0.233. The first-order chi connectivity index (χ1) is 11.8. The van der Waals surface area contributed by atoms with Gasteiger partial charge in [-0.15, -0.1) is 0 Å². The zero-order chi connectivity index (χ0) is 21.3. The monoisotopic (exact) mass is 495 g/mol. The lowest BCUT2D eigenvalue weighted by atomic mass is 10.9. The standard InChI is InChI=1S/C15H43N2O3Si7/c1-21(2)16-23(5,6)17(24(16,7)8)22(3,4)14-15-27(13)19-25(9,10)18-26(11,12)20-27/h14-15H2,1-13H3. The molecule has 2 aliphatic rings. The second-order valence-electron chi connectivity index (χ2n) is 11.2. The summed E-state index contributed by atoms with van der Waals surface area (Å²) >= 11 is 0. The van der Waals surface area contributed by atoms with Crippen LogP contribution in [0.1, 0.15) is 0 Å². The van der Waals surface area contributed by atoms with E-state index in [0.29, 0.717) is 0 Å². The van der Waals surface area contributed by atoms with E-state index in [1.54, 1.807) is 0 Å². The lowest BCUT2D eigenvalue weighted by Gasteiger charge is -2.73. The van der Waals surface area contributed by atoms with E-state index in [4.69, 9.17) is 12.3 Å². The Morgan fingerprint density at radius 1 is 0.741 bits per heavy atom. The number of hydrogen-bond acceptors (Lipinski definition) is 5. The van der Waals surface area contributed by atoms with Crippen molar-refractivity contribution in [1.29, 1.82) is 0 Å². The van der Waals surface area contributed by atoms with Crippen molar-refractivity contribution in [1.82, 2.24) is 7.79 Å². The maximum Gasteiger partial charge on any atom is 0.317 e. The fraction of sp³-hybridized carbons (Fsp3) is 1.00. The molecule has 2 fully saturated rings. The minimum absolute atomic E-state index is 0.367. The van der Waals surface area contributed by atoms with Gasteiger partial charge in [0.15, 0.2) is 16.8 Å². The Balaban J connectivity index is 2.17. The van der Waals surface area contributed by atoms with E-state index in [0.717, 1.165) is 6.04 Å². The smallest absolute Gasteiger partial charge is 0.317 e. The van der Waals surface area contributed by atoms with Crippen molar-refractivity contribution in [3.05, 3.63) is 0 Å². The average Bonchev–Trinajstić information content (AvgIpc) is 2.28. The first kappa shape index (κ1) is 24.6. The Morgan fingerprint density at radius 2 is 1.15 bits per heavy atom. The van der Waals surface area contributed by atoms with E-state index < -0.39 is 50.7 Å². The van der Waals surface area contributed by atoms with Crippen LogP contribution in [-0.2, 0) is 12.3 Å². The highest BCUT2D eigenvalue weighted by atomic mass is 28.6. The second kappa shape index (κ2) is 7.18. The van der Waals surface area contributed by atoms with E-state index >= 15 is 0 Å². The fourth-order valence-corrected chi connectivity index (χ4v) is 62.4. The van der Waals surface area contributed by atoms with Crippen molar-refractivity contribution in [2.75, 3.05) is 0 Å². The number of rotatable bonds is 5. The predicted octanol–water partition coefficient (Wildman–Crippen LogP) is 5.00. The summed E-state index contributed by atoms with van der Waals surface area (Å²) in [4.78, 5) is 0. The van der Waals surface area contributed by atoms with Crippen LogP contribution in [0.2, 0.25) is 97.2 Å². The molecule has 0 atom stereocenters. The lowest BCUT2D eigenvalue weighted by Crippen LogP contribution is -2.95. The highest BCUT2D eigenvalue weighted by Gasteiger charge is 2.65. The van der Waals surface area contributed by atoms with Crippen molar-refractivity contribution >= 4 is 59.7 Å². The number of hydrogen-bond donors (Lipinski definition) is 0. The first-order valence-corrected chi connectivity index (χ1v) is 29.8.